The fourth-order valence-electron chi connectivity index (χ4n) is 2.00. The van der Waals surface area contributed by atoms with Crippen molar-refractivity contribution < 1.29 is 4.79 Å². The highest BCUT2D eigenvalue weighted by Crippen LogP contribution is 2.23. The van der Waals surface area contributed by atoms with Gasteiger partial charge in [0, 0.05) is 34.2 Å². The van der Waals surface area contributed by atoms with Crippen molar-refractivity contribution in [1.29, 1.82) is 0 Å². The second kappa shape index (κ2) is 5.71. The lowest BCUT2D eigenvalue weighted by atomic mass is 10.2. The van der Waals surface area contributed by atoms with E-state index < -0.39 is 5.91 Å². The molecule has 5 nitrogen and oxygen atoms in total. The van der Waals surface area contributed by atoms with Gasteiger partial charge in [-0.1, -0.05) is 35.0 Å². The molecule has 1 aromatic carbocycles. The summed E-state index contributed by atoms with van der Waals surface area (Å²) in [4.78, 5) is 28.6. The number of hydrogen-bond donors (Lipinski definition) is 1. The minimum absolute atomic E-state index is 0.00246. The standard InChI is InChI=1S/C13H9Cl2N3O2S/c14-7-3-8(15)5-9(4-7)17-11(19)10-6-16-13-18(12(10)20)1-2-21-13/h3-6H,1-2H2,(H,17,19). The lowest BCUT2D eigenvalue weighted by molar-refractivity contribution is 0.102. The Morgan fingerprint density at radius 1 is 1.29 bits per heavy atom. The summed E-state index contributed by atoms with van der Waals surface area (Å²) in [5.41, 5.74) is 0.0877. The fraction of sp³-hybridized carbons (Fsp3) is 0.154. The van der Waals surface area contributed by atoms with Crippen molar-refractivity contribution >= 4 is 46.6 Å². The number of amides is 1. The zero-order valence-corrected chi connectivity index (χ0v) is 12.9. The van der Waals surface area contributed by atoms with E-state index >= 15 is 0 Å². The molecule has 2 aromatic rings. The molecule has 2 heterocycles. The second-order valence-electron chi connectivity index (χ2n) is 4.37. The predicted octanol–water partition coefficient (Wildman–Crippen LogP) is 2.91. The van der Waals surface area contributed by atoms with Gasteiger partial charge in [0.25, 0.3) is 11.5 Å². The average molecular weight is 342 g/mol. The minimum Gasteiger partial charge on any atom is -0.322 e. The number of carbonyl (C=O) groups excluding carboxylic acids is 1. The fourth-order valence-corrected chi connectivity index (χ4v) is 3.44. The van der Waals surface area contributed by atoms with Crippen LogP contribution in [0.3, 0.4) is 0 Å². The topological polar surface area (TPSA) is 64.0 Å². The summed E-state index contributed by atoms with van der Waals surface area (Å²) in [6.45, 7) is 0.565. The first-order chi connectivity index (χ1) is 10.0. The Bertz CT molecular complexity index is 771. The van der Waals surface area contributed by atoms with Gasteiger partial charge in [-0.2, -0.15) is 0 Å². The van der Waals surface area contributed by atoms with Crippen LogP contribution in [-0.4, -0.2) is 21.2 Å². The van der Waals surface area contributed by atoms with Crippen molar-refractivity contribution in [3.63, 3.8) is 0 Å². The molecule has 1 aliphatic heterocycles. The summed E-state index contributed by atoms with van der Waals surface area (Å²) < 4.78 is 1.50. The Labute approximate surface area is 134 Å². The number of anilines is 1. The van der Waals surface area contributed by atoms with Crippen LogP contribution < -0.4 is 10.9 Å². The van der Waals surface area contributed by atoms with Gasteiger partial charge >= 0.3 is 0 Å². The van der Waals surface area contributed by atoms with Crippen LogP contribution in [0.5, 0.6) is 0 Å². The highest BCUT2D eigenvalue weighted by Gasteiger charge is 2.20. The molecule has 0 aliphatic carbocycles. The van der Waals surface area contributed by atoms with Crippen LogP contribution in [0.1, 0.15) is 10.4 Å². The average Bonchev–Trinajstić information content (AvgIpc) is 2.86. The lowest BCUT2D eigenvalue weighted by Crippen LogP contribution is -2.29. The van der Waals surface area contributed by atoms with Crippen LogP contribution in [0.25, 0.3) is 0 Å². The van der Waals surface area contributed by atoms with Gasteiger partial charge in [0.2, 0.25) is 0 Å². The molecule has 8 heteroatoms. The van der Waals surface area contributed by atoms with E-state index in [1.54, 1.807) is 18.2 Å². The van der Waals surface area contributed by atoms with Crippen molar-refractivity contribution in [3.8, 4) is 0 Å². The zero-order valence-electron chi connectivity index (χ0n) is 10.6. The van der Waals surface area contributed by atoms with E-state index in [0.717, 1.165) is 5.75 Å². The Kier molecular flexibility index (Phi) is 3.93. The van der Waals surface area contributed by atoms with Gasteiger partial charge in [0.05, 0.1) is 0 Å². The summed E-state index contributed by atoms with van der Waals surface area (Å²) in [5.74, 6) is 0.259. The quantitative estimate of drug-likeness (QED) is 0.853. The number of carbonyl (C=O) groups is 1. The first kappa shape index (κ1) is 14.4. The van der Waals surface area contributed by atoms with Crippen LogP contribution >= 0.6 is 35.0 Å². The monoisotopic (exact) mass is 341 g/mol. The van der Waals surface area contributed by atoms with E-state index in [1.165, 1.54) is 22.5 Å². The van der Waals surface area contributed by atoms with E-state index in [4.69, 9.17) is 23.2 Å². The van der Waals surface area contributed by atoms with Crippen LogP contribution in [-0.2, 0) is 6.54 Å². The Morgan fingerprint density at radius 2 is 2.00 bits per heavy atom. The second-order valence-corrected chi connectivity index (χ2v) is 6.31. The number of benzene rings is 1. The third-order valence-corrected chi connectivity index (χ3v) is 4.33. The Balaban J connectivity index is 1.91. The lowest BCUT2D eigenvalue weighted by Gasteiger charge is -2.07. The molecule has 21 heavy (non-hydrogen) atoms. The highest BCUT2D eigenvalue weighted by atomic mass is 35.5. The smallest absolute Gasteiger partial charge is 0.267 e. The van der Waals surface area contributed by atoms with Crippen LogP contribution in [0, 0.1) is 0 Å². The molecule has 3 rings (SSSR count). The third kappa shape index (κ3) is 2.92. The largest absolute Gasteiger partial charge is 0.322 e. The number of rotatable bonds is 2. The first-order valence-corrected chi connectivity index (χ1v) is 7.79. The van der Waals surface area contributed by atoms with Crippen LogP contribution in [0.2, 0.25) is 10.0 Å². The van der Waals surface area contributed by atoms with Gasteiger partial charge in [0.1, 0.15) is 5.56 Å². The molecule has 1 N–H and O–H groups in total. The van der Waals surface area contributed by atoms with Gasteiger partial charge in [-0.3, -0.25) is 14.2 Å². The van der Waals surface area contributed by atoms with E-state index in [1.807, 2.05) is 0 Å². The zero-order chi connectivity index (χ0) is 15.0. The molecule has 0 unspecified atom stereocenters. The molecule has 0 radical (unpaired) electrons. The minimum atomic E-state index is -0.530. The number of thioether (sulfide) groups is 1. The summed E-state index contributed by atoms with van der Waals surface area (Å²) in [6, 6.07) is 4.67. The molecule has 1 amide bonds. The normalized spacial score (nSPS) is 13.0. The van der Waals surface area contributed by atoms with Crippen molar-refractivity contribution in [2.24, 2.45) is 0 Å². The number of aromatic nitrogens is 2. The molecule has 0 atom stereocenters. The summed E-state index contributed by atoms with van der Waals surface area (Å²) in [6.07, 6.45) is 1.30. The molecule has 0 bridgehead atoms. The number of nitrogens with zero attached hydrogens (tertiary/aromatic N) is 2. The van der Waals surface area contributed by atoms with Gasteiger partial charge in [-0.25, -0.2) is 4.98 Å². The summed E-state index contributed by atoms with van der Waals surface area (Å²) in [5, 5.41) is 4.05. The highest BCUT2D eigenvalue weighted by molar-refractivity contribution is 7.99. The maximum atomic E-state index is 12.2. The van der Waals surface area contributed by atoms with Gasteiger partial charge < -0.3 is 5.32 Å². The summed E-state index contributed by atoms with van der Waals surface area (Å²) >= 11 is 13.2. The Morgan fingerprint density at radius 3 is 2.71 bits per heavy atom. The van der Waals surface area contributed by atoms with Crippen molar-refractivity contribution in [2.75, 3.05) is 11.1 Å². The SMILES string of the molecule is O=C(Nc1cc(Cl)cc(Cl)c1)c1cnc2n(c1=O)CCS2. The Hall–Kier alpha value is -1.50. The molecule has 1 aromatic heterocycles. The van der Waals surface area contributed by atoms with Crippen molar-refractivity contribution in [1.82, 2.24) is 9.55 Å². The van der Waals surface area contributed by atoms with E-state index in [9.17, 15) is 9.59 Å². The molecule has 1 aliphatic rings. The van der Waals surface area contributed by atoms with Gasteiger partial charge in [-0.15, -0.1) is 0 Å². The van der Waals surface area contributed by atoms with Crippen LogP contribution in [0.4, 0.5) is 5.69 Å². The number of hydrogen-bond acceptors (Lipinski definition) is 4. The van der Waals surface area contributed by atoms with E-state index in [2.05, 4.69) is 10.3 Å². The van der Waals surface area contributed by atoms with Gasteiger partial charge in [0.15, 0.2) is 5.16 Å². The molecule has 108 valence electrons. The molecule has 0 spiro atoms. The maximum Gasteiger partial charge on any atom is 0.267 e. The molecular formula is C13H9Cl2N3O2S. The van der Waals surface area contributed by atoms with E-state index in [-0.39, 0.29) is 11.1 Å². The maximum absolute atomic E-state index is 12.2. The molecule has 0 fully saturated rings. The molecule has 0 saturated carbocycles. The summed E-state index contributed by atoms with van der Waals surface area (Å²) in [7, 11) is 0. The number of nitrogens with one attached hydrogen (secondary N) is 1. The van der Waals surface area contributed by atoms with E-state index in [0.29, 0.717) is 27.4 Å². The molecule has 0 saturated heterocycles. The number of halogens is 2. The predicted molar refractivity (Wildman–Crippen MR) is 83.6 cm³/mol. The third-order valence-electron chi connectivity index (χ3n) is 2.92. The molecular weight excluding hydrogens is 333 g/mol. The first-order valence-electron chi connectivity index (χ1n) is 6.04. The van der Waals surface area contributed by atoms with Crippen molar-refractivity contribution in [3.05, 3.63) is 50.4 Å². The number of fused-ring (bicyclic) bond motifs is 1. The van der Waals surface area contributed by atoms with Crippen LogP contribution in [0.15, 0.2) is 34.3 Å². The van der Waals surface area contributed by atoms with Gasteiger partial charge in [-0.05, 0) is 18.2 Å². The van der Waals surface area contributed by atoms with Crippen molar-refractivity contribution in [2.45, 2.75) is 11.7 Å².